The number of rotatable bonds is 6. The first-order valence-corrected chi connectivity index (χ1v) is 9.70. The maximum Gasteiger partial charge on any atom is 0.194 e. The van der Waals surface area contributed by atoms with E-state index in [1.165, 1.54) is 0 Å². The molecule has 6 heteroatoms. The van der Waals surface area contributed by atoms with Gasteiger partial charge in [-0.3, -0.25) is 0 Å². The molecule has 0 spiro atoms. The lowest BCUT2D eigenvalue weighted by atomic mass is 10.1. The molecule has 1 saturated heterocycles. The number of para-hydroxylation sites is 1. The Bertz CT molecular complexity index is 782. The number of aliphatic imine (C=N–C) groups is 1. The Morgan fingerprint density at radius 2 is 1.96 bits per heavy atom. The summed E-state index contributed by atoms with van der Waals surface area (Å²) in [5.41, 5.74) is 2.19. The van der Waals surface area contributed by atoms with Crippen molar-refractivity contribution in [2.24, 2.45) is 4.99 Å². The lowest BCUT2D eigenvalue weighted by molar-refractivity contribution is 0.188. The maximum atomic E-state index is 9.79. The molecule has 0 unspecified atom stereocenters. The summed E-state index contributed by atoms with van der Waals surface area (Å²) < 4.78 is 5.89. The number of likely N-dealkylation sites (tertiary alicyclic amines) is 1. The van der Waals surface area contributed by atoms with Gasteiger partial charge in [-0.1, -0.05) is 48.0 Å². The molecule has 2 aromatic carbocycles. The number of halogens is 1. The van der Waals surface area contributed by atoms with Crippen LogP contribution in [0.3, 0.4) is 0 Å². The van der Waals surface area contributed by atoms with Crippen molar-refractivity contribution in [2.45, 2.75) is 32.6 Å². The number of ether oxygens (including phenoxy) is 1. The minimum Gasteiger partial charge on any atom is -0.487 e. The van der Waals surface area contributed by atoms with Gasteiger partial charge in [0.1, 0.15) is 12.4 Å². The van der Waals surface area contributed by atoms with E-state index in [0.29, 0.717) is 30.5 Å². The van der Waals surface area contributed by atoms with Crippen LogP contribution >= 0.6 is 11.6 Å². The van der Waals surface area contributed by atoms with Gasteiger partial charge >= 0.3 is 0 Å². The molecule has 2 aromatic rings. The molecule has 5 nitrogen and oxygen atoms in total. The summed E-state index contributed by atoms with van der Waals surface area (Å²) in [6.45, 7) is 5.29. The summed E-state index contributed by atoms with van der Waals surface area (Å²) in [4.78, 5) is 6.88. The summed E-state index contributed by atoms with van der Waals surface area (Å²) in [6.07, 6.45) is 0.511. The summed E-state index contributed by atoms with van der Waals surface area (Å²) >= 11 is 6.17. The van der Waals surface area contributed by atoms with Gasteiger partial charge in [-0.15, -0.1) is 0 Å². The van der Waals surface area contributed by atoms with E-state index in [0.717, 1.165) is 36.6 Å². The molecule has 1 aliphatic heterocycles. The van der Waals surface area contributed by atoms with Gasteiger partial charge in [-0.25, -0.2) is 4.99 Å². The van der Waals surface area contributed by atoms with Crippen LogP contribution in [0, 0.1) is 0 Å². The number of hydrogen-bond donors (Lipinski definition) is 2. The van der Waals surface area contributed by atoms with Crippen LogP contribution in [0.1, 0.15) is 24.5 Å². The second-order valence-electron chi connectivity index (χ2n) is 6.55. The average Bonchev–Trinajstić information content (AvgIpc) is 3.11. The number of nitrogens with zero attached hydrogens (tertiary/aromatic N) is 2. The fraction of sp³-hybridized carbons (Fsp3) is 0.381. The predicted octanol–water partition coefficient (Wildman–Crippen LogP) is 3.45. The first kappa shape index (κ1) is 19.5. The highest BCUT2D eigenvalue weighted by Gasteiger charge is 2.22. The monoisotopic (exact) mass is 387 g/mol. The molecule has 27 heavy (non-hydrogen) atoms. The van der Waals surface area contributed by atoms with E-state index < -0.39 is 0 Å². The van der Waals surface area contributed by atoms with Crippen molar-refractivity contribution in [3.05, 3.63) is 64.7 Å². The molecule has 0 amide bonds. The average molecular weight is 388 g/mol. The number of aliphatic hydroxyl groups excluding tert-OH is 1. The number of β-amino-alcohol motifs (C(OH)–C–C–N with tert-alkyl or cyclic N) is 1. The Balaban J connectivity index is 1.70. The summed E-state index contributed by atoms with van der Waals surface area (Å²) in [5.74, 6) is 1.52. The first-order chi connectivity index (χ1) is 13.2. The molecule has 2 N–H and O–H groups in total. The topological polar surface area (TPSA) is 57.1 Å². The number of nitrogens with one attached hydrogen (secondary N) is 1. The van der Waals surface area contributed by atoms with Crippen LogP contribution in [0.25, 0.3) is 0 Å². The summed E-state index contributed by atoms with van der Waals surface area (Å²) in [6, 6.07) is 15.6. The highest BCUT2D eigenvalue weighted by atomic mass is 35.5. The molecule has 144 valence electrons. The van der Waals surface area contributed by atoms with Gasteiger partial charge in [0.15, 0.2) is 5.96 Å². The highest BCUT2D eigenvalue weighted by Crippen LogP contribution is 2.24. The molecule has 0 bridgehead atoms. The van der Waals surface area contributed by atoms with E-state index in [1.54, 1.807) is 0 Å². The van der Waals surface area contributed by atoms with Gasteiger partial charge in [0, 0.05) is 19.6 Å². The van der Waals surface area contributed by atoms with Gasteiger partial charge in [0.25, 0.3) is 0 Å². The lowest BCUT2D eigenvalue weighted by Crippen LogP contribution is -2.40. The van der Waals surface area contributed by atoms with Crippen molar-refractivity contribution in [3.63, 3.8) is 0 Å². The zero-order valence-electron chi connectivity index (χ0n) is 15.6. The van der Waals surface area contributed by atoms with Crippen LogP contribution in [0.4, 0.5) is 0 Å². The van der Waals surface area contributed by atoms with E-state index in [2.05, 4.69) is 16.3 Å². The molecular formula is C21H26ClN3O2. The van der Waals surface area contributed by atoms with Crippen molar-refractivity contribution in [1.82, 2.24) is 10.2 Å². The maximum absolute atomic E-state index is 9.79. The number of aliphatic hydroxyl groups is 1. The van der Waals surface area contributed by atoms with E-state index >= 15 is 0 Å². The second kappa shape index (κ2) is 9.62. The van der Waals surface area contributed by atoms with Crippen molar-refractivity contribution in [1.29, 1.82) is 0 Å². The van der Waals surface area contributed by atoms with Gasteiger partial charge in [0.2, 0.25) is 0 Å². The quantitative estimate of drug-likeness (QED) is 0.588. The number of guanidine groups is 1. The van der Waals surface area contributed by atoms with Gasteiger partial charge in [0.05, 0.1) is 17.7 Å². The fourth-order valence-electron chi connectivity index (χ4n) is 3.09. The summed E-state index contributed by atoms with van der Waals surface area (Å²) in [5, 5.41) is 13.7. The van der Waals surface area contributed by atoms with E-state index in [4.69, 9.17) is 21.3 Å². The zero-order chi connectivity index (χ0) is 19.1. The smallest absolute Gasteiger partial charge is 0.194 e. The Labute approximate surface area is 165 Å². The normalized spacial score (nSPS) is 17.2. The molecule has 0 aromatic heterocycles. The minimum atomic E-state index is -0.273. The van der Waals surface area contributed by atoms with Crippen molar-refractivity contribution in [3.8, 4) is 5.75 Å². The molecule has 1 fully saturated rings. The standard InChI is InChI=1S/C21H26ClN3O2/c1-2-23-21(25-12-11-18(26)14-25)24-13-16-7-3-4-8-17(16)15-27-20-10-6-5-9-19(20)22/h3-10,18,26H,2,11-15H2,1H3,(H,23,24)/t18-/m1/s1. The zero-order valence-corrected chi connectivity index (χ0v) is 16.3. The molecule has 0 radical (unpaired) electrons. The van der Waals surface area contributed by atoms with Crippen molar-refractivity contribution >= 4 is 17.6 Å². The van der Waals surface area contributed by atoms with Gasteiger partial charge in [-0.2, -0.15) is 0 Å². The van der Waals surface area contributed by atoms with Crippen LogP contribution < -0.4 is 10.1 Å². The third-order valence-electron chi connectivity index (χ3n) is 4.54. The van der Waals surface area contributed by atoms with E-state index in [-0.39, 0.29) is 6.10 Å². The van der Waals surface area contributed by atoms with Crippen LogP contribution in [0.2, 0.25) is 5.02 Å². The third-order valence-corrected chi connectivity index (χ3v) is 4.85. The van der Waals surface area contributed by atoms with E-state index in [1.807, 2.05) is 49.4 Å². The molecule has 0 saturated carbocycles. The van der Waals surface area contributed by atoms with Crippen LogP contribution in [-0.4, -0.2) is 41.7 Å². The lowest BCUT2D eigenvalue weighted by Gasteiger charge is -2.21. The van der Waals surface area contributed by atoms with Crippen LogP contribution in [0.5, 0.6) is 5.75 Å². The Kier molecular flexibility index (Phi) is 6.96. The SMILES string of the molecule is CCNC(=NCc1ccccc1COc1ccccc1Cl)N1CC[C@@H](O)C1. The third kappa shape index (κ3) is 5.37. The Hall–Kier alpha value is -2.24. The van der Waals surface area contributed by atoms with Crippen molar-refractivity contribution < 1.29 is 9.84 Å². The first-order valence-electron chi connectivity index (χ1n) is 9.32. The molecular weight excluding hydrogens is 362 g/mol. The minimum absolute atomic E-state index is 0.273. The largest absolute Gasteiger partial charge is 0.487 e. The second-order valence-corrected chi connectivity index (χ2v) is 6.95. The Morgan fingerprint density at radius 3 is 2.67 bits per heavy atom. The van der Waals surface area contributed by atoms with Crippen LogP contribution in [-0.2, 0) is 13.2 Å². The molecule has 0 aliphatic carbocycles. The van der Waals surface area contributed by atoms with Gasteiger partial charge < -0.3 is 20.1 Å². The molecule has 1 aliphatic rings. The van der Waals surface area contributed by atoms with E-state index in [9.17, 15) is 5.11 Å². The highest BCUT2D eigenvalue weighted by molar-refractivity contribution is 6.32. The van der Waals surface area contributed by atoms with Crippen molar-refractivity contribution in [2.75, 3.05) is 19.6 Å². The predicted molar refractivity (Wildman–Crippen MR) is 109 cm³/mol. The molecule has 1 heterocycles. The molecule has 1 atom stereocenters. The molecule has 3 rings (SSSR count). The number of hydrogen-bond acceptors (Lipinski definition) is 3. The summed E-state index contributed by atoms with van der Waals surface area (Å²) in [7, 11) is 0. The van der Waals surface area contributed by atoms with Crippen LogP contribution in [0.15, 0.2) is 53.5 Å². The fourth-order valence-corrected chi connectivity index (χ4v) is 3.28. The Morgan fingerprint density at radius 1 is 1.22 bits per heavy atom. The number of benzene rings is 2. The van der Waals surface area contributed by atoms with Gasteiger partial charge in [-0.05, 0) is 36.6 Å².